The molecule has 0 bridgehead atoms. The first-order valence-electron chi connectivity index (χ1n) is 7.16. The van der Waals surface area contributed by atoms with E-state index in [2.05, 4.69) is 18.7 Å². The van der Waals surface area contributed by atoms with Crippen molar-refractivity contribution in [3.05, 3.63) is 82.7 Å². The summed E-state index contributed by atoms with van der Waals surface area (Å²) in [5.74, 6) is -0.530. The Hall–Kier alpha value is -2.55. The van der Waals surface area contributed by atoms with Crippen molar-refractivity contribution in [2.75, 3.05) is 0 Å². The lowest BCUT2D eigenvalue weighted by atomic mass is 10.0. The zero-order chi connectivity index (χ0) is 16.1. The fraction of sp³-hybridized carbons (Fsp3) is 0.158. The third kappa shape index (κ3) is 3.76. The minimum atomic E-state index is -0.325. The normalized spacial score (nSPS) is 13.5. The van der Waals surface area contributed by atoms with Crippen molar-refractivity contribution in [1.29, 1.82) is 0 Å². The quantitative estimate of drug-likeness (QED) is 0.852. The summed E-state index contributed by atoms with van der Waals surface area (Å²) in [6, 6.07) is 14.5. The molecule has 0 heterocycles. The molecule has 0 atom stereocenters. The van der Waals surface area contributed by atoms with Crippen molar-refractivity contribution >= 4 is 11.3 Å². The number of benzene rings is 2. The molecule has 0 unspecified atom stereocenters. The molecule has 2 aromatic carbocycles. The van der Waals surface area contributed by atoms with Crippen molar-refractivity contribution in [3.63, 3.8) is 0 Å². The molecule has 0 radical (unpaired) electrons. The lowest BCUT2D eigenvalue weighted by molar-refractivity contribution is 0.438. The Balaban J connectivity index is 2.47. The van der Waals surface area contributed by atoms with Gasteiger partial charge in [-0.05, 0) is 48.7 Å². The summed E-state index contributed by atoms with van der Waals surface area (Å²) in [6.45, 7) is 5.39. The van der Waals surface area contributed by atoms with Crippen LogP contribution in [0.4, 0.5) is 4.39 Å². The second-order valence-corrected chi connectivity index (χ2v) is 5.32. The number of rotatable bonds is 4. The van der Waals surface area contributed by atoms with Gasteiger partial charge >= 0.3 is 0 Å². The summed E-state index contributed by atoms with van der Waals surface area (Å²) in [7, 11) is 0. The van der Waals surface area contributed by atoms with Crippen molar-refractivity contribution in [2.45, 2.75) is 19.8 Å². The van der Waals surface area contributed by atoms with E-state index in [9.17, 15) is 9.50 Å². The summed E-state index contributed by atoms with van der Waals surface area (Å²) in [5, 5.41) is 10.8. The molecular formula is C19H20FNO. The number of hydrogen-bond acceptors (Lipinski definition) is 2. The van der Waals surface area contributed by atoms with Gasteiger partial charge in [-0.1, -0.05) is 42.5 Å². The topological polar surface area (TPSA) is 46.2 Å². The molecule has 22 heavy (non-hydrogen) atoms. The molecule has 0 aliphatic carbocycles. The monoisotopic (exact) mass is 297 g/mol. The maximum absolute atomic E-state index is 13.6. The van der Waals surface area contributed by atoms with E-state index in [0.29, 0.717) is 10.4 Å². The van der Waals surface area contributed by atoms with E-state index in [0.717, 1.165) is 18.4 Å². The van der Waals surface area contributed by atoms with E-state index in [4.69, 9.17) is 5.73 Å². The van der Waals surface area contributed by atoms with E-state index < -0.39 is 0 Å². The van der Waals surface area contributed by atoms with Gasteiger partial charge in [-0.2, -0.15) is 0 Å². The number of hydrogen-bond donors (Lipinski definition) is 2. The van der Waals surface area contributed by atoms with Gasteiger partial charge in [0.15, 0.2) is 0 Å². The van der Waals surface area contributed by atoms with Crippen LogP contribution in [0.5, 0.6) is 0 Å². The van der Waals surface area contributed by atoms with Crippen LogP contribution in [-0.4, -0.2) is 5.11 Å². The largest absolute Gasteiger partial charge is 0.506 e. The third-order valence-corrected chi connectivity index (χ3v) is 3.67. The van der Waals surface area contributed by atoms with E-state index >= 15 is 0 Å². The number of nitrogens with two attached hydrogens (primary N) is 1. The SMILES string of the molecule is C=C(O)/C(N)=c1/ccc(F)c/c1=C(/C)CCc1ccccc1. The zero-order valence-corrected chi connectivity index (χ0v) is 12.6. The molecule has 0 aliphatic heterocycles. The summed E-state index contributed by atoms with van der Waals surface area (Å²) in [5.41, 5.74) is 8.28. The van der Waals surface area contributed by atoms with Gasteiger partial charge in [-0.25, -0.2) is 4.39 Å². The molecule has 3 N–H and O–H groups in total. The molecular weight excluding hydrogens is 277 g/mol. The van der Waals surface area contributed by atoms with Gasteiger partial charge in [0, 0.05) is 5.22 Å². The van der Waals surface area contributed by atoms with Gasteiger partial charge < -0.3 is 10.8 Å². The molecule has 2 aromatic rings. The van der Waals surface area contributed by atoms with Gasteiger partial charge in [0.05, 0.1) is 5.70 Å². The zero-order valence-electron chi connectivity index (χ0n) is 12.6. The highest BCUT2D eigenvalue weighted by Crippen LogP contribution is 2.08. The van der Waals surface area contributed by atoms with Crippen LogP contribution in [0, 0.1) is 5.82 Å². The summed E-state index contributed by atoms with van der Waals surface area (Å²) >= 11 is 0. The molecule has 0 aliphatic rings. The van der Waals surface area contributed by atoms with Gasteiger partial charge in [0.25, 0.3) is 0 Å². The highest BCUT2D eigenvalue weighted by molar-refractivity contribution is 5.58. The maximum Gasteiger partial charge on any atom is 0.131 e. The second-order valence-electron chi connectivity index (χ2n) is 5.32. The molecule has 0 amide bonds. The van der Waals surface area contributed by atoms with Crippen LogP contribution in [-0.2, 0) is 6.42 Å². The fourth-order valence-electron chi connectivity index (χ4n) is 2.37. The fourth-order valence-corrected chi connectivity index (χ4v) is 2.37. The molecule has 2 nitrogen and oxygen atoms in total. The molecule has 0 fully saturated rings. The van der Waals surface area contributed by atoms with Gasteiger partial charge in [-0.15, -0.1) is 0 Å². The Morgan fingerprint density at radius 3 is 2.45 bits per heavy atom. The van der Waals surface area contributed by atoms with E-state index in [1.165, 1.54) is 17.7 Å². The maximum atomic E-state index is 13.6. The minimum Gasteiger partial charge on any atom is -0.506 e. The molecule has 0 spiro atoms. The standard InChI is InChI=1S/C19H20FNO/c1-13(8-9-15-6-4-3-5-7-15)18-12-16(20)10-11-17(18)19(21)14(2)22/h3-7,10-12,22H,2,8-9,21H2,1H3/b18-13+,19-17+. The molecule has 0 saturated carbocycles. The van der Waals surface area contributed by atoms with Crippen molar-refractivity contribution in [2.24, 2.45) is 5.73 Å². The summed E-state index contributed by atoms with van der Waals surface area (Å²) in [6.07, 6.45) is 1.65. The average Bonchev–Trinajstić information content (AvgIpc) is 2.52. The van der Waals surface area contributed by atoms with Gasteiger partial charge in [0.2, 0.25) is 0 Å². The molecule has 0 saturated heterocycles. The number of aliphatic hydroxyl groups excluding tert-OH is 1. The molecule has 0 aromatic heterocycles. The van der Waals surface area contributed by atoms with Gasteiger partial charge in [-0.3, -0.25) is 0 Å². The Morgan fingerprint density at radius 2 is 1.82 bits per heavy atom. The number of aliphatic hydroxyl groups is 1. The highest BCUT2D eigenvalue weighted by atomic mass is 19.1. The second kappa shape index (κ2) is 6.94. The summed E-state index contributed by atoms with van der Waals surface area (Å²) in [4.78, 5) is 0. The van der Waals surface area contributed by atoms with Crippen molar-refractivity contribution in [1.82, 2.24) is 0 Å². The van der Waals surface area contributed by atoms with Crippen LogP contribution >= 0.6 is 0 Å². The first kappa shape index (κ1) is 15.8. The van der Waals surface area contributed by atoms with Crippen LogP contribution in [0.2, 0.25) is 0 Å². The van der Waals surface area contributed by atoms with E-state index in [-0.39, 0.29) is 17.3 Å². The van der Waals surface area contributed by atoms with Crippen LogP contribution < -0.4 is 16.2 Å². The van der Waals surface area contributed by atoms with Crippen LogP contribution in [0.3, 0.4) is 0 Å². The smallest absolute Gasteiger partial charge is 0.131 e. The predicted octanol–water partition coefficient (Wildman–Crippen LogP) is 2.77. The lowest BCUT2D eigenvalue weighted by Crippen LogP contribution is -2.32. The average molecular weight is 297 g/mol. The highest BCUT2D eigenvalue weighted by Gasteiger charge is 2.02. The Bertz CT molecular complexity index is 794. The first-order valence-corrected chi connectivity index (χ1v) is 7.16. The van der Waals surface area contributed by atoms with E-state index in [1.807, 2.05) is 25.1 Å². The van der Waals surface area contributed by atoms with Gasteiger partial charge in [0.1, 0.15) is 11.6 Å². The van der Waals surface area contributed by atoms with Crippen LogP contribution in [0.25, 0.3) is 11.3 Å². The lowest BCUT2D eigenvalue weighted by Gasteiger charge is -2.05. The minimum absolute atomic E-state index is 0.175. The van der Waals surface area contributed by atoms with Crippen LogP contribution in [0.15, 0.2) is 60.9 Å². The molecule has 2 rings (SSSR count). The number of aryl methyl sites for hydroxylation is 1. The van der Waals surface area contributed by atoms with E-state index in [1.54, 1.807) is 6.07 Å². The van der Waals surface area contributed by atoms with Crippen LogP contribution in [0.1, 0.15) is 18.9 Å². The van der Waals surface area contributed by atoms with Crippen molar-refractivity contribution < 1.29 is 9.50 Å². The Morgan fingerprint density at radius 1 is 1.14 bits per heavy atom. The Kier molecular flexibility index (Phi) is 4.99. The first-order chi connectivity index (χ1) is 10.5. The Labute approximate surface area is 129 Å². The number of halogens is 1. The molecule has 3 heteroatoms. The third-order valence-electron chi connectivity index (χ3n) is 3.67. The summed E-state index contributed by atoms with van der Waals surface area (Å²) < 4.78 is 13.6. The predicted molar refractivity (Wildman–Crippen MR) is 88.9 cm³/mol. The van der Waals surface area contributed by atoms with Crippen molar-refractivity contribution in [3.8, 4) is 0 Å². The molecule has 114 valence electrons.